The van der Waals surface area contributed by atoms with Crippen LogP contribution >= 0.6 is 0 Å². The summed E-state index contributed by atoms with van der Waals surface area (Å²) >= 11 is 0. The van der Waals surface area contributed by atoms with Gasteiger partial charge in [0.1, 0.15) is 5.76 Å². The second-order valence-electron chi connectivity index (χ2n) is 4.01. The molecule has 2 N–H and O–H groups in total. The van der Waals surface area contributed by atoms with Crippen molar-refractivity contribution in [2.75, 3.05) is 10.6 Å². The number of amides is 2. The number of hydrogen-bond acceptors (Lipinski definition) is 5. The Morgan fingerprint density at radius 3 is 2.67 bits per heavy atom. The molecule has 2 heterocycles. The topological polar surface area (TPSA) is 89.4 Å². The number of rotatable bonds is 1. The zero-order chi connectivity index (χ0) is 12.9. The van der Waals surface area contributed by atoms with Gasteiger partial charge in [-0.15, -0.1) is 0 Å². The number of hydrogen-bond donors (Lipinski definition) is 1. The van der Waals surface area contributed by atoms with Crippen molar-refractivity contribution in [3.63, 3.8) is 0 Å². The monoisotopic (exact) mass is 243 g/mol. The van der Waals surface area contributed by atoms with Crippen molar-refractivity contribution in [1.82, 2.24) is 5.16 Å². The molecule has 0 bridgehead atoms. The zero-order valence-electron chi connectivity index (χ0n) is 9.51. The largest absolute Gasteiger partial charge is 0.398 e. The number of aryl methyl sites for hydroxylation is 1. The van der Waals surface area contributed by atoms with Crippen molar-refractivity contribution in [2.24, 2.45) is 0 Å². The van der Waals surface area contributed by atoms with E-state index in [0.717, 1.165) is 4.90 Å². The van der Waals surface area contributed by atoms with Crippen molar-refractivity contribution in [2.45, 2.75) is 6.92 Å². The predicted octanol–water partition coefficient (Wildman–Crippen LogP) is 1.37. The maximum atomic E-state index is 12.2. The standard InChI is InChI=1S/C12H9N3O3/c1-6-5-9(14-18-6)15-11(16)7-3-2-4-8(13)10(7)12(15)17/h2-5H,13H2,1H3. The summed E-state index contributed by atoms with van der Waals surface area (Å²) in [5.74, 6) is -0.204. The summed E-state index contributed by atoms with van der Waals surface area (Å²) < 4.78 is 4.88. The molecule has 0 radical (unpaired) electrons. The highest BCUT2D eigenvalue weighted by Gasteiger charge is 2.39. The van der Waals surface area contributed by atoms with Crippen LogP contribution in [0, 0.1) is 6.92 Å². The molecule has 0 spiro atoms. The third-order valence-electron chi connectivity index (χ3n) is 2.79. The summed E-state index contributed by atoms with van der Waals surface area (Å²) in [4.78, 5) is 25.3. The Labute approximate surface area is 102 Å². The summed E-state index contributed by atoms with van der Waals surface area (Å²) in [5, 5.41) is 3.68. The molecule has 1 aromatic carbocycles. The van der Waals surface area contributed by atoms with Gasteiger partial charge in [0.15, 0.2) is 5.82 Å². The number of fused-ring (bicyclic) bond motifs is 1. The van der Waals surface area contributed by atoms with Gasteiger partial charge >= 0.3 is 0 Å². The lowest BCUT2D eigenvalue weighted by atomic mass is 10.1. The number of nitrogens with zero attached hydrogens (tertiary/aromatic N) is 2. The Bertz CT molecular complexity index is 675. The van der Waals surface area contributed by atoms with Crippen LogP contribution in [-0.2, 0) is 0 Å². The Balaban J connectivity index is 2.16. The molecule has 6 nitrogen and oxygen atoms in total. The number of anilines is 2. The lowest BCUT2D eigenvalue weighted by Gasteiger charge is -2.08. The smallest absolute Gasteiger partial charge is 0.269 e. The van der Waals surface area contributed by atoms with E-state index in [4.69, 9.17) is 10.3 Å². The second-order valence-corrected chi connectivity index (χ2v) is 4.01. The van der Waals surface area contributed by atoms with Crippen molar-refractivity contribution < 1.29 is 14.1 Å². The zero-order valence-corrected chi connectivity index (χ0v) is 9.51. The van der Waals surface area contributed by atoms with Crippen molar-refractivity contribution >= 4 is 23.3 Å². The number of benzene rings is 1. The van der Waals surface area contributed by atoms with E-state index in [1.165, 1.54) is 6.07 Å². The molecule has 0 fully saturated rings. The molecule has 3 rings (SSSR count). The van der Waals surface area contributed by atoms with E-state index in [-0.39, 0.29) is 17.1 Å². The summed E-state index contributed by atoms with van der Waals surface area (Å²) in [6.45, 7) is 1.68. The number of carbonyl (C=O) groups is 2. The number of nitrogens with two attached hydrogens (primary N) is 1. The Morgan fingerprint density at radius 1 is 1.28 bits per heavy atom. The average molecular weight is 243 g/mol. The Hall–Kier alpha value is -2.63. The minimum Gasteiger partial charge on any atom is -0.398 e. The third kappa shape index (κ3) is 1.26. The third-order valence-corrected chi connectivity index (χ3v) is 2.79. The quantitative estimate of drug-likeness (QED) is 0.603. The van der Waals surface area contributed by atoms with Gasteiger partial charge in [-0.2, -0.15) is 0 Å². The molecule has 6 heteroatoms. The fourth-order valence-corrected chi connectivity index (χ4v) is 1.98. The van der Waals surface area contributed by atoms with Crippen LogP contribution in [0.15, 0.2) is 28.8 Å². The molecule has 18 heavy (non-hydrogen) atoms. The number of aromatic nitrogens is 1. The molecule has 2 aromatic rings. The highest BCUT2D eigenvalue weighted by atomic mass is 16.5. The average Bonchev–Trinajstić information content (AvgIpc) is 2.84. The number of nitrogen functional groups attached to an aromatic ring is 1. The van der Waals surface area contributed by atoms with E-state index < -0.39 is 11.8 Å². The molecule has 90 valence electrons. The molecule has 2 amide bonds. The van der Waals surface area contributed by atoms with Gasteiger partial charge in [0.2, 0.25) is 0 Å². The van der Waals surface area contributed by atoms with Gasteiger partial charge in [-0.05, 0) is 19.1 Å². The van der Waals surface area contributed by atoms with Gasteiger partial charge in [0.25, 0.3) is 11.8 Å². The van der Waals surface area contributed by atoms with Gasteiger partial charge < -0.3 is 10.3 Å². The molecule has 1 aromatic heterocycles. The number of imide groups is 1. The summed E-state index contributed by atoms with van der Waals surface area (Å²) in [7, 11) is 0. The molecule has 0 saturated carbocycles. The highest BCUT2D eigenvalue weighted by Crippen LogP contribution is 2.30. The normalized spacial score (nSPS) is 14.2. The first-order valence-corrected chi connectivity index (χ1v) is 5.30. The minimum atomic E-state index is -0.471. The molecule has 0 atom stereocenters. The Morgan fingerprint density at radius 2 is 2.06 bits per heavy atom. The maximum Gasteiger partial charge on any atom is 0.269 e. The Kier molecular flexibility index (Phi) is 2.00. The van der Waals surface area contributed by atoms with Gasteiger partial charge in [-0.1, -0.05) is 11.2 Å². The van der Waals surface area contributed by atoms with E-state index in [9.17, 15) is 9.59 Å². The van der Waals surface area contributed by atoms with E-state index in [1.54, 1.807) is 25.1 Å². The maximum absolute atomic E-state index is 12.2. The van der Waals surface area contributed by atoms with Crippen LogP contribution in [0.3, 0.4) is 0 Å². The number of carbonyl (C=O) groups excluding carboxylic acids is 2. The summed E-state index contributed by atoms with van der Waals surface area (Å²) in [5.41, 5.74) is 6.53. The van der Waals surface area contributed by atoms with E-state index in [2.05, 4.69) is 5.16 Å². The first-order chi connectivity index (χ1) is 8.59. The second kappa shape index (κ2) is 3.43. The van der Waals surface area contributed by atoms with Crippen LogP contribution in [0.5, 0.6) is 0 Å². The lowest BCUT2D eigenvalue weighted by Crippen LogP contribution is -2.29. The van der Waals surface area contributed by atoms with E-state index in [0.29, 0.717) is 11.3 Å². The highest BCUT2D eigenvalue weighted by molar-refractivity contribution is 6.35. The SMILES string of the molecule is Cc1cc(N2C(=O)c3cccc(N)c3C2=O)no1. The molecular formula is C12H9N3O3. The van der Waals surface area contributed by atoms with Crippen molar-refractivity contribution in [3.05, 3.63) is 41.2 Å². The fourth-order valence-electron chi connectivity index (χ4n) is 1.98. The van der Waals surface area contributed by atoms with Crippen LogP contribution in [0.25, 0.3) is 0 Å². The molecule has 0 aliphatic carbocycles. The summed E-state index contributed by atoms with van der Waals surface area (Å²) in [6, 6.07) is 6.31. The molecule has 0 saturated heterocycles. The molecular weight excluding hydrogens is 234 g/mol. The van der Waals surface area contributed by atoms with Gasteiger partial charge in [-0.25, -0.2) is 4.90 Å². The van der Waals surface area contributed by atoms with Gasteiger partial charge in [0, 0.05) is 11.8 Å². The molecule has 1 aliphatic rings. The van der Waals surface area contributed by atoms with Crippen molar-refractivity contribution in [1.29, 1.82) is 0 Å². The van der Waals surface area contributed by atoms with E-state index in [1.807, 2.05) is 0 Å². The fraction of sp³-hybridized carbons (Fsp3) is 0.0833. The summed E-state index contributed by atoms with van der Waals surface area (Å²) in [6.07, 6.45) is 0. The molecule has 0 unspecified atom stereocenters. The minimum absolute atomic E-state index is 0.179. The van der Waals surface area contributed by atoms with Crippen LogP contribution in [-0.4, -0.2) is 17.0 Å². The predicted molar refractivity (Wildman–Crippen MR) is 63.2 cm³/mol. The van der Waals surface area contributed by atoms with Crippen molar-refractivity contribution in [3.8, 4) is 0 Å². The first-order valence-electron chi connectivity index (χ1n) is 5.30. The van der Waals surface area contributed by atoms with Crippen LogP contribution in [0.1, 0.15) is 26.5 Å². The lowest BCUT2D eigenvalue weighted by molar-refractivity contribution is 0.0924. The van der Waals surface area contributed by atoms with E-state index >= 15 is 0 Å². The van der Waals surface area contributed by atoms with Crippen LogP contribution in [0.2, 0.25) is 0 Å². The van der Waals surface area contributed by atoms with Crippen LogP contribution in [0.4, 0.5) is 11.5 Å². The van der Waals surface area contributed by atoms with Gasteiger partial charge in [-0.3, -0.25) is 9.59 Å². The van der Waals surface area contributed by atoms with Gasteiger partial charge in [0.05, 0.1) is 11.1 Å². The first kappa shape index (κ1) is 10.5. The molecule has 1 aliphatic heterocycles. The van der Waals surface area contributed by atoms with Crippen LogP contribution < -0.4 is 10.6 Å².